The maximum absolute atomic E-state index is 14.1. The van der Waals surface area contributed by atoms with E-state index in [1.807, 2.05) is 19.1 Å². The summed E-state index contributed by atoms with van der Waals surface area (Å²) in [7, 11) is 0. The van der Waals surface area contributed by atoms with Gasteiger partial charge in [-0.1, -0.05) is 42.1 Å². The number of nitrogens with zero attached hydrogens (tertiary/aromatic N) is 2. The quantitative estimate of drug-likeness (QED) is 0.167. The Morgan fingerprint density at radius 1 is 0.784 bits per heavy atom. The fraction of sp³-hybridized carbons (Fsp3) is 0.111. The molecule has 0 unspecified atom stereocenters. The smallest absolute Gasteiger partial charge is 0.247 e. The van der Waals surface area contributed by atoms with Gasteiger partial charge in [-0.2, -0.15) is 26.3 Å². The first kappa shape index (κ1) is 25.3. The summed E-state index contributed by atoms with van der Waals surface area (Å²) >= 11 is 2.38. The van der Waals surface area contributed by atoms with Crippen molar-refractivity contribution < 1.29 is 26.3 Å². The van der Waals surface area contributed by atoms with Gasteiger partial charge in [-0.25, -0.2) is 9.98 Å². The van der Waals surface area contributed by atoms with Crippen LogP contribution in [0.5, 0.6) is 0 Å². The molecule has 2 aliphatic rings. The third-order valence-electron chi connectivity index (χ3n) is 5.55. The Labute approximate surface area is 215 Å². The molecule has 10 heteroatoms. The van der Waals surface area contributed by atoms with Crippen LogP contribution in [0.3, 0.4) is 0 Å². The Morgan fingerprint density at radius 2 is 1.51 bits per heavy atom. The predicted molar refractivity (Wildman–Crippen MR) is 133 cm³/mol. The maximum Gasteiger partial charge on any atom is 0.418 e. The minimum absolute atomic E-state index is 0.133. The second kappa shape index (κ2) is 9.50. The second-order valence-corrected chi connectivity index (χ2v) is 10.3. The molecular formula is C27H16F6N2S2. The van der Waals surface area contributed by atoms with Crippen molar-refractivity contribution in [1.29, 1.82) is 0 Å². The highest BCUT2D eigenvalue weighted by molar-refractivity contribution is 7.99. The van der Waals surface area contributed by atoms with Crippen molar-refractivity contribution in [2.24, 2.45) is 4.99 Å². The molecule has 3 aromatic carbocycles. The molecular weight excluding hydrogens is 530 g/mol. The van der Waals surface area contributed by atoms with Crippen LogP contribution >= 0.6 is 23.1 Å². The van der Waals surface area contributed by atoms with Gasteiger partial charge in [0.25, 0.3) is 0 Å². The summed E-state index contributed by atoms with van der Waals surface area (Å²) in [6.07, 6.45) is -9.48. The normalized spacial score (nSPS) is 13.0. The first-order valence-corrected chi connectivity index (χ1v) is 12.5. The van der Waals surface area contributed by atoms with Crippen LogP contribution in [0.4, 0.5) is 32.0 Å². The lowest BCUT2D eigenvalue weighted by Crippen LogP contribution is -2.20. The van der Waals surface area contributed by atoms with Crippen LogP contribution in [-0.2, 0) is 12.4 Å². The van der Waals surface area contributed by atoms with Gasteiger partial charge in [0, 0.05) is 9.79 Å². The van der Waals surface area contributed by atoms with Gasteiger partial charge >= 0.3 is 12.4 Å². The van der Waals surface area contributed by atoms with E-state index in [0.29, 0.717) is 15.3 Å². The van der Waals surface area contributed by atoms with Crippen LogP contribution < -0.4 is 5.36 Å². The number of halogens is 6. The molecule has 0 spiro atoms. The van der Waals surface area contributed by atoms with E-state index in [1.54, 1.807) is 36.4 Å². The molecule has 37 heavy (non-hydrogen) atoms. The molecule has 0 bridgehead atoms. The largest absolute Gasteiger partial charge is 0.418 e. The van der Waals surface area contributed by atoms with Gasteiger partial charge in [0.1, 0.15) is 0 Å². The van der Waals surface area contributed by atoms with Gasteiger partial charge in [0.2, 0.25) is 0 Å². The topological polar surface area (TPSA) is 25.2 Å². The molecule has 1 aliphatic carbocycles. The maximum atomic E-state index is 14.1. The lowest BCUT2D eigenvalue weighted by Gasteiger charge is -2.14. The number of hydrogen-bond donors (Lipinski definition) is 0. The van der Waals surface area contributed by atoms with Crippen LogP contribution in [0, 0.1) is 6.92 Å². The monoisotopic (exact) mass is 546 g/mol. The number of fused-ring (bicyclic) bond motifs is 2. The zero-order chi connectivity index (χ0) is 26.4. The van der Waals surface area contributed by atoms with E-state index >= 15 is 0 Å². The fourth-order valence-electron chi connectivity index (χ4n) is 3.72. The molecule has 0 aromatic heterocycles. The summed E-state index contributed by atoms with van der Waals surface area (Å²) in [4.78, 5) is 10.0. The Bertz CT molecular complexity index is 1650. The highest BCUT2D eigenvalue weighted by atomic mass is 32.2. The molecule has 0 radical (unpaired) electrons. The molecule has 0 atom stereocenters. The molecule has 1 heterocycles. The SMILES string of the molecule is Cc1ccccc1Sc1ccc(C(F)(F)F)cc1N=c1cc2sc3ccccc3nc-2cc1C(F)(F)F. The van der Waals surface area contributed by atoms with Crippen molar-refractivity contribution in [2.75, 3.05) is 0 Å². The zero-order valence-electron chi connectivity index (χ0n) is 19.0. The Hall–Kier alpha value is -3.37. The molecule has 0 saturated carbocycles. The molecule has 0 amide bonds. The number of hydrogen-bond acceptors (Lipinski definition) is 4. The molecule has 0 fully saturated rings. The Kier molecular flexibility index (Phi) is 6.49. The van der Waals surface area contributed by atoms with Gasteiger partial charge < -0.3 is 0 Å². The highest BCUT2D eigenvalue weighted by Crippen LogP contribution is 2.41. The number of alkyl halides is 6. The second-order valence-electron chi connectivity index (χ2n) is 8.18. The summed E-state index contributed by atoms with van der Waals surface area (Å²) in [5, 5.41) is -0.473. The average molecular weight is 547 g/mol. The van der Waals surface area contributed by atoms with Gasteiger partial charge in [0.05, 0.1) is 43.0 Å². The van der Waals surface area contributed by atoms with E-state index in [1.165, 1.54) is 23.5 Å². The van der Waals surface area contributed by atoms with Crippen molar-refractivity contribution in [3.8, 4) is 10.6 Å². The Balaban J connectivity index is 1.77. The predicted octanol–water partition coefficient (Wildman–Crippen LogP) is 9.13. The summed E-state index contributed by atoms with van der Waals surface area (Å²) in [6, 6.07) is 19.3. The van der Waals surface area contributed by atoms with Gasteiger partial charge in [-0.3, -0.25) is 0 Å². The first-order chi connectivity index (χ1) is 17.5. The number of para-hydroxylation sites is 1. The lowest BCUT2D eigenvalue weighted by atomic mass is 10.1. The molecule has 1 aliphatic heterocycles. The number of aromatic nitrogens is 1. The number of rotatable bonds is 3. The third kappa shape index (κ3) is 5.35. The van der Waals surface area contributed by atoms with Gasteiger partial charge in [-0.05, 0) is 61.0 Å². The molecule has 2 nitrogen and oxygen atoms in total. The summed E-state index contributed by atoms with van der Waals surface area (Å²) in [5.41, 5.74) is -0.711. The molecule has 0 saturated heterocycles. The van der Waals surface area contributed by atoms with Crippen LogP contribution in [0.2, 0.25) is 0 Å². The van der Waals surface area contributed by atoms with Crippen molar-refractivity contribution in [1.82, 2.24) is 4.98 Å². The van der Waals surface area contributed by atoms with Gasteiger partial charge in [-0.15, -0.1) is 11.3 Å². The minimum atomic E-state index is -4.80. The summed E-state index contributed by atoms with van der Waals surface area (Å²) in [6.45, 7) is 1.84. The minimum Gasteiger partial charge on any atom is -0.247 e. The van der Waals surface area contributed by atoms with Crippen molar-refractivity contribution in [3.05, 3.63) is 101 Å². The van der Waals surface area contributed by atoms with Crippen LogP contribution in [0.15, 0.2) is 93.6 Å². The van der Waals surface area contributed by atoms with E-state index in [9.17, 15) is 26.3 Å². The molecule has 3 aromatic rings. The average Bonchev–Trinajstić information content (AvgIpc) is 2.83. The molecule has 0 N–H and O–H groups in total. The van der Waals surface area contributed by atoms with E-state index in [0.717, 1.165) is 45.1 Å². The van der Waals surface area contributed by atoms with Gasteiger partial charge in [0.15, 0.2) is 0 Å². The first-order valence-electron chi connectivity index (χ1n) is 10.9. The third-order valence-corrected chi connectivity index (χ3v) is 7.90. The lowest BCUT2D eigenvalue weighted by molar-refractivity contribution is -0.139. The van der Waals surface area contributed by atoms with Crippen molar-refractivity contribution in [2.45, 2.75) is 29.1 Å². The van der Waals surface area contributed by atoms with Crippen LogP contribution in [0.1, 0.15) is 16.7 Å². The van der Waals surface area contributed by atoms with Crippen LogP contribution in [0.25, 0.3) is 20.8 Å². The zero-order valence-corrected chi connectivity index (χ0v) is 20.6. The van der Waals surface area contributed by atoms with E-state index in [2.05, 4.69) is 9.98 Å². The Morgan fingerprint density at radius 3 is 2.24 bits per heavy atom. The number of aryl methyl sites for hydroxylation is 1. The van der Waals surface area contributed by atoms with Crippen molar-refractivity contribution >= 4 is 39.0 Å². The van der Waals surface area contributed by atoms with E-state index < -0.39 is 28.8 Å². The van der Waals surface area contributed by atoms with Crippen molar-refractivity contribution in [3.63, 3.8) is 0 Å². The summed E-state index contributed by atoms with van der Waals surface area (Å²) in [5.74, 6) is 0. The molecule has 5 rings (SSSR count). The van der Waals surface area contributed by atoms with E-state index in [4.69, 9.17) is 0 Å². The van der Waals surface area contributed by atoms with E-state index in [-0.39, 0.29) is 11.4 Å². The highest BCUT2D eigenvalue weighted by Gasteiger charge is 2.34. The number of benzene rings is 4. The summed E-state index contributed by atoms with van der Waals surface area (Å²) < 4.78 is 83.6. The van der Waals surface area contributed by atoms with Crippen LogP contribution in [-0.4, -0.2) is 4.98 Å². The fourth-order valence-corrected chi connectivity index (χ4v) is 5.66. The standard InChI is InChI=1S/C27H16F6N2S2/c1-15-6-2-4-8-22(15)36-24-11-10-16(26(28,29)30)12-20(24)35-19-14-25-21(13-17(19)27(31,32)33)34-18-7-3-5-9-23(18)37-25/h2-14H,1H3. The molecule has 188 valence electrons.